The Kier molecular flexibility index (Phi) is 5.24. The lowest BCUT2D eigenvalue weighted by Crippen LogP contribution is -2.65. The summed E-state index contributed by atoms with van der Waals surface area (Å²) in [5.74, 6) is 0. The highest BCUT2D eigenvalue weighted by Gasteiger charge is 2.50. The predicted molar refractivity (Wildman–Crippen MR) is 92.6 cm³/mol. The van der Waals surface area contributed by atoms with Crippen molar-refractivity contribution in [1.29, 1.82) is 0 Å². The molecule has 5 heteroatoms. The molecule has 0 aliphatic carbocycles. The molecule has 22 heavy (non-hydrogen) atoms. The number of rotatable bonds is 1. The SMILES string of the molecule is CC(C)(C)[Si]1(c2ccccc2)OCc2ccc1cc2.O[B]O. The molecule has 1 radical (unpaired) electrons. The molecule has 2 heterocycles. The van der Waals surface area contributed by atoms with E-state index in [-0.39, 0.29) is 12.7 Å². The minimum Gasteiger partial charge on any atom is -0.429 e. The third kappa shape index (κ3) is 3.03. The zero-order valence-electron chi connectivity index (χ0n) is 13.3. The second-order valence-electron chi connectivity index (χ2n) is 6.40. The predicted octanol–water partition coefficient (Wildman–Crippen LogP) is 1.58. The van der Waals surface area contributed by atoms with E-state index >= 15 is 0 Å². The fourth-order valence-corrected chi connectivity index (χ4v) is 7.63. The summed E-state index contributed by atoms with van der Waals surface area (Å²) in [5.41, 5.74) is 1.28. The van der Waals surface area contributed by atoms with E-state index in [4.69, 9.17) is 14.5 Å². The summed E-state index contributed by atoms with van der Waals surface area (Å²) < 4.78 is 6.57. The number of hydrogen-bond acceptors (Lipinski definition) is 3. The van der Waals surface area contributed by atoms with E-state index in [1.807, 2.05) is 0 Å². The highest BCUT2D eigenvalue weighted by Crippen LogP contribution is 2.38. The maximum Gasteiger partial charge on any atom is 0.482 e. The van der Waals surface area contributed by atoms with Crippen molar-refractivity contribution in [2.45, 2.75) is 32.4 Å². The van der Waals surface area contributed by atoms with Gasteiger partial charge in [0, 0.05) is 0 Å². The van der Waals surface area contributed by atoms with Crippen molar-refractivity contribution < 1.29 is 14.5 Å². The first-order chi connectivity index (χ1) is 10.5. The van der Waals surface area contributed by atoms with Gasteiger partial charge >= 0.3 is 7.69 Å². The molecule has 0 fully saturated rings. The Morgan fingerprint density at radius 2 is 1.41 bits per heavy atom. The first-order valence-electron chi connectivity index (χ1n) is 7.34. The van der Waals surface area contributed by atoms with Crippen LogP contribution in [0.15, 0.2) is 54.6 Å². The topological polar surface area (TPSA) is 49.7 Å². The van der Waals surface area contributed by atoms with E-state index in [2.05, 4.69) is 75.4 Å². The molecule has 2 aromatic carbocycles. The molecule has 0 spiro atoms. The molecule has 2 N–H and O–H groups in total. The average molecular weight is 313 g/mol. The summed E-state index contributed by atoms with van der Waals surface area (Å²) in [7, 11) is -2.18. The highest BCUT2D eigenvalue weighted by molar-refractivity contribution is 6.99. The van der Waals surface area contributed by atoms with Crippen molar-refractivity contribution in [3.63, 3.8) is 0 Å². The number of fused-ring (bicyclic) bond motifs is 4. The Hall–Kier alpha value is -1.40. The zero-order chi connectivity index (χ0) is 16.2. The Bertz CT molecular complexity index is 592. The lowest BCUT2D eigenvalue weighted by molar-refractivity contribution is 0.289. The molecule has 4 rings (SSSR count). The van der Waals surface area contributed by atoms with Crippen LogP contribution in [0.2, 0.25) is 5.04 Å². The molecule has 2 aromatic rings. The number of hydrogen-bond donors (Lipinski definition) is 2. The van der Waals surface area contributed by atoms with Gasteiger partial charge in [0.15, 0.2) is 0 Å². The van der Waals surface area contributed by atoms with Gasteiger partial charge in [0.05, 0.1) is 6.61 Å². The quantitative estimate of drug-likeness (QED) is 0.786. The van der Waals surface area contributed by atoms with Gasteiger partial charge in [-0.25, -0.2) is 0 Å². The van der Waals surface area contributed by atoms with E-state index in [1.165, 1.54) is 15.9 Å². The molecule has 0 aromatic heterocycles. The van der Waals surface area contributed by atoms with Gasteiger partial charge in [0.25, 0.3) is 8.32 Å². The Balaban J connectivity index is 0.000000545. The monoisotopic (exact) mass is 313 g/mol. The maximum absolute atomic E-state index is 7.00. The van der Waals surface area contributed by atoms with Crippen molar-refractivity contribution in [3.8, 4) is 0 Å². The second kappa shape index (κ2) is 6.79. The van der Waals surface area contributed by atoms with Crippen LogP contribution in [0.25, 0.3) is 0 Å². The van der Waals surface area contributed by atoms with Crippen LogP contribution >= 0.6 is 0 Å². The van der Waals surface area contributed by atoms with Gasteiger partial charge in [-0.3, -0.25) is 0 Å². The van der Waals surface area contributed by atoms with E-state index in [1.54, 1.807) is 0 Å². The zero-order valence-corrected chi connectivity index (χ0v) is 14.3. The van der Waals surface area contributed by atoms with Crippen molar-refractivity contribution in [2.24, 2.45) is 0 Å². The van der Waals surface area contributed by atoms with Crippen molar-refractivity contribution >= 4 is 26.4 Å². The smallest absolute Gasteiger partial charge is 0.429 e. The summed E-state index contributed by atoms with van der Waals surface area (Å²) in [5, 5.41) is 16.9. The van der Waals surface area contributed by atoms with Gasteiger partial charge in [-0.15, -0.1) is 0 Å². The molecule has 0 amide bonds. The maximum atomic E-state index is 7.00. The first kappa shape index (κ1) is 17.0. The average Bonchev–Trinajstić information content (AvgIpc) is 2.79. The summed E-state index contributed by atoms with van der Waals surface area (Å²) in [6, 6.07) is 19.7. The first-order valence-corrected chi connectivity index (χ1v) is 9.25. The fourth-order valence-electron chi connectivity index (χ4n) is 3.12. The molecule has 115 valence electrons. The van der Waals surface area contributed by atoms with Gasteiger partial charge < -0.3 is 14.5 Å². The molecule has 0 saturated heterocycles. The summed E-state index contributed by atoms with van der Waals surface area (Å²) >= 11 is 0. The molecule has 2 aliphatic rings. The third-order valence-electron chi connectivity index (χ3n) is 4.05. The molecule has 1 atom stereocenters. The highest BCUT2D eigenvalue weighted by atomic mass is 28.4. The lowest BCUT2D eigenvalue weighted by atomic mass is 10.2. The second-order valence-corrected chi connectivity index (χ2v) is 10.7. The van der Waals surface area contributed by atoms with Gasteiger partial charge in [0.2, 0.25) is 0 Å². The van der Waals surface area contributed by atoms with E-state index in [0.717, 1.165) is 6.61 Å². The minimum atomic E-state index is -2.18. The van der Waals surface area contributed by atoms with Crippen LogP contribution in [-0.4, -0.2) is 26.1 Å². The molecule has 0 saturated carbocycles. The standard InChI is InChI=1S/C17H20OSi.BH2O2/c1-17(2,3)19(15-7-5-4-6-8-15)16-11-9-14(10-12-16)13-18-19;2-1-3/h4-12H,13H2,1-3H3;2-3H. The Labute approximate surface area is 134 Å². The van der Waals surface area contributed by atoms with Crippen molar-refractivity contribution in [1.82, 2.24) is 0 Å². The molecular formula is C17H22BO3Si. The Morgan fingerprint density at radius 1 is 0.909 bits per heavy atom. The largest absolute Gasteiger partial charge is 0.482 e. The van der Waals surface area contributed by atoms with Crippen LogP contribution in [0.3, 0.4) is 0 Å². The van der Waals surface area contributed by atoms with Crippen LogP contribution in [0, 0.1) is 0 Å². The normalized spacial score (nSPS) is 19.9. The molecule has 2 bridgehead atoms. The van der Waals surface area contributed by atoms with Crippen LogP contribution < -0.4 is 10.4 Å². The molecule has 3 nitrogen and oxygen atoms in total. The Morgan fingerprint density at radius 3 is 1.91 bits per heavy atom. The molecule has 2 aliphatic heterocycles. The van der Waals surface area contributed by atoms with Crippen molar-refractivity contribution in [3.05, 3.63) is 60.2 Å². The summed E-state index contributed by atoms with van der Waals surface area (Å²) in [6.45, 7) is 7.66. The minimum absolute atomic E-state index is 0. The van der Waals surface area contributed by atoms with Crippen LogP contribution in [0.1, 0.15) is 26.3 Å². The van der Waals surface area contributed by atoms with Crippen molar-refractivity contribution in [2.75, 3.05) is 0 Å². The van der Waals surface area contributed by atoms with E-state index in [9.17, 15) is 0 Å². The van der Waals surface area contributed by atoms with E-state index in [0.29, 0.717) is 0 Å². The molecule has 1 unspecified atom stereocenters. The van der Waals surface area contributed by atoms with Gasteiger partial charge in [-0.05, 0) is 21.0 Å². The van der Waals surface area contributed by atoms with E-state index < -0.39 is 8.32 Å². The third-order valence-corrected chi connectivity index (χ3v) is 9.03. The lowest BCUT2D eigenvalue weighted by Gasteiger charge is -2.41. The van der Waals surface area contributed by atoms with Crippen LogP contribution in [-0.2, 0) is 11.0 Å². The van der Waals surface area contributed by atoms with Crippen LogP contribution in [0.4, 0.5) is 0 Å². The molecular weight excluding hydrogens is 291 g/mol. The van der Waals surface area contributed by atoms with Gasteiger partial charge in [-0.2, -0.15) is 0 Å². The van der Waals surface area contributed by atoms with Gasteiger partial charge in [0.1, 0.15) is 0 Å². The van der Waals surface area contributed by atoms with Gasteiger partial charge in [-0.1, -0.05) is 75.4 Å². The fraction of sp³-hybridized carbons (Fsp3) is 0.294. The summed E-state index contributed by atoms with van der Waals surface area (Å²) in [6.07, 6.45) is 0. The number of benzene rings is 2. The van der Waals surface area contributed by atoms with Crippen LogP contribution in [0.5, 0.6) is 0 Å². The summed E-state index contributed by atoms with van der Waals surface area (Å²) in [4.78, 5) is 0.